The summed E-state index contributed by atoms with van der Waals surface area (Å²) in [6, 6.07) is 3.99. The fourth-order valence-corrected chi connectivity index (χ4v) is 2.62. The molecule has 20 heavy (non-hydrogen) atoms. The van der Waals surface area contributed by atoms with E-state index >= 15 is 0 Å². The molecule has 0 aromatic heterocycles. The molecule has 0 bridgehead atoms. The molecule has 4 nitrogen and oxygen atoms in total. The number of halogens is 1. The molecule has 0 saturated heterocycles. The summed E-state index contributed by atoms with van der Waals surface area (Å²) in [5, 5.41) is 12.5. The summed E-state index contributed by atoms with van der Waals surface area (Å²) >= 11 is 0. The highest BCUT2D eigenvalue weighted by molar-refractivity contribution is 5.95. The van der Waals surface area contributed by atoms with E-state index in [1.165, 1.54) is 12.1 Å². The normalized spacial score (nSPS) is 26.2. The average molecular weight is 280 g/mol. The number of nitrogens with two attached hydrogens (primary N) is 1. The summed E-state index contributed by atoms with van der Waals surface area (Å²) in [4.78, 5) is 12.2. The van der Waals surface area contributed by atoms with Crippen LogP contribution in [0.15, 0.2) is 18.2 Å². The van der Waals surface area contributed by atoms with E-state index < -0.39 is 11.4 Å². The number of aliphatic hydroxyl groups is 1. The van der Waals surface area contributed by atoms with Gasteiger partial charge in [0.05, 0.1) is 17.8 Å². The quantitative estimate of drug-likeness (QED) is 0.742. The lowest BCUT2D eigenvalue weighted by Gasteiger charge is -2.38. The Kier molecular flexibility index (Phi) is 4.28. The van der Waals surface area contributed by atoms with Gasteiger partial charge in [0.1, 0.15) is 5.82 Å². The Labute approximate surface area is 118 Å². The van der Waals surface area contributed by atoms with E-state index in [4.69, 9.17) is 5.73 Å². The molecular formula is C15H21FN2O2. The van der Waals surface area contributed by atoms with Gasteiger partial charge < -0.3 is 16.2 Å². The van der Waals surface area contributed by atoms with Crippen molar-refractivity contribution >= 4 is 11.6 Å². The second-order valence-electron chi connectivity index (χ2n) is 5.81. The molecule has 1 aromatic rings. The predicted octanol–water partition coefficient (Wildman–Crippen LogP) is 2.08. The van der Waals surface area contributed by atoms with Crippen LogP contribution < -0.4 is 11.1 Å². The first-order valence-electron chi connectivity index (χ1n) is 6.94. The van der Waals surface area contributed by atoms with Crippen LogP contribution in [-0.2, 0) is 0 Å². The van der Waals surface area contributed by atoms with Crippen LogP contribution in [0, 0.1) is 11.7 Å². The lowest BCUT2D eigenvalue weighted by atomic mass is 9.77. The Balaban J connectivity index is 2.11. The fraction of sp³-hybridized carbons (Fsp3) is 0.533. The lowest BCUT2D eigenvalue weighted by Crippen LogP contribution is -2.53. The third-order valence-corrected chi connectivity index (χ3v) is 4.18. The molecule has 1 aliphatic carbocycles. The minimum atomic E-state index is -0.604. The number of nitrogens with one attached hydrogen (secondary N) is 1. The van der Waals surface area contributed by atoms with Crippen LogP contribution in [0.2, 0.25) is 0 Å². The average Bonchev–Trinajstić information content (AvgIpc) is 2.44. The number of hydrogen-bond acceptors (Lipinski definition) is 3. The fourth-order valence-electron chi connectivity index (χ4n) is 2.62. The summed E-state index contributed by atoms with van der Waals surface area (Å²) in [5.74, 6) is -0.360. The van der Waals surface area contributed by atoms with Crippen LogP contribution in [0.1, 0.15) is 43.0 Å². The van der Waals surface area contributed by atoms with Crippen LogP contribution in [0.3, 0.4) is 0 Å². The van der Waals surface area contributed by atoms with E-state index in [2.05, 4.69) is 12.2 Å². The van der Waals surface area contributed by atoms with E-state index in [1.54, 1.807) is 0 Å². The van der Waals surface area contributed by atoms with Crippen LogP contribution in [0.5, 0.6) is 0 Å². The molecule has 0 unspecified atom stereocenters. The van der Waals surface area contributed by atoms with Crippen molar-refractivity contribution in [2.75, 3.05) is 12.3 Å². The van der Waals surface area contributed by atoms with Crippen molar-refractivity contribution in [3.05, 3.63) is 29.6 Å². The largest absolute Gasteiger partial charge is 0.396 e. The van der Waals surface area contributed by atoms with Crippen LogP contribution in [-0.4, -0.2) is 23.2 Å². The van der Waals surface area contributed by atoms with Gasteiger partial charge in [-0.3, -0.25) is 4.79 Å². The molecule has 0 radical (unpaired) electrons. The monoisotopic (exact) mass is 280 g/mol. The van der Waals surface area contributed by atoms with Crippen molar-refractivity contribution in [1.82, 2.24) is 5.32 Å². The highest BCUT2D eigenvalue weighted by Gasteiger charge is 2.35. The van der Waals surface area contributed by atoms with E-state index in [-0.39, 0.29) is 23.8 Å². The van der Waals surface area contributed by atoms with Gasteiger partial charge in [-0.1, -0.05) is 6.92 Å². The Morgan fingerprint density at radius 1 is 1.50 bits per heavy atom. The van der Waals surface area contributed by atoms with Crippen LogP contribution in [0.25, 0.3) is 0 Å². The number of aliphatic hydroxyl groups excluding tert-OH is 1. The molecule has 5 heteroatoms. The predicted molar refractivity (Wildman–Crippen MR) is 75.7 cm³/mol. The molecular weight excluding hydrogens is 259 g/mol. The molecule has 1 fully saturated rings. The Bertz CT molecular complexity index is 497. The van der Waals surface area contributed by atoms with Crippen molar-refractivity contribution in [2.24, 2.45) is 5.92 Å². The number of carbonyl (C=O) groups excluding carboxylic acids is 1. The second-order valence-corrected chi connectivity index (χ2v) is 5.81. The minimum absolute atomic E-state index is 0.0184. The number of anilines is 1. The number of amides is 1. The van der Waals surface area contributed by atoms with Gasteiger partial charge >= 0.3 is 0 Å². The molecule has 0 heterocycles. The molecule has 110 valence electrons. The van der Waals surface area contributed by atoms with Crippen molar-refractivity contribution in [2.45, 2.75) is 38.1 Å². The standard InChI is InChI=1S/C15H21FN2O2/c1-10-4-6-15(9-19,7-5-10)18-14(20)11-2-3-13(17)12(16)8-11/h2-3,8,10,19H,4-7,9,17H2,1H3,(H,18,20). The molecule has 1 amide bonds. The zero-order valence-electron chi connectivity index (χ0n) is 11.7. The summed E-state index contributed by atoms with van der Waals surface area (Å²) in [7, 11) is 0. The number of hydrogen-bond donors (Lipinski definition) is 3. The van der Waals surface area contributed by atoms with Gasteiger partial charge in [0.15, 0.2) is 0 Å². The molecule has 4 N–H and O–H groups in total. The SMILES string of the molecule is CC1CCC(CO)(NC(=O)c2ccc(N)c(F)c2)CC1. The van der Waals surface area contributed by atoms with Gasteiger partial charge in [-0.2, -0.15) is 0 Å². The Hall–Kier alpha value is -1.62. The molecule has 1 aromatic carbocycles. The number of carbonyl (C=O) groups is 1. The van der Waals surface area contributed by atoms with E-state index in [9.17, 15) is 14.3 Å². The number of rotatable bonds is 3. The van der Waals surface area contributed by atoms with Gasteiger partial charge in [-0.05, 0) is 49.8 Å². The first-order valence-corrected chi connectivity index (χ1v) is 6.94. The first-order chi connectivity index (χ1) is 9.46. The highest BCUT2D eigenvalue weighted by Crippen LogP contribution is 2.31. The number of nitrogen functional groups attached to an aromatic ring is 1. The number of benzene rings is 1. The van der Waals surface area contributed by atoms with Crippen LogP contribution in [0.4, 0.5) is 10.1 Å². The molecule has 2 rings (SSSR count). The van der Waals surface area contributed by atoms with Crippen molar-refractivity contribution < 1.29 is 14.3 Å². The van der Waals surface area contributed by atoms with Gasteiger partial charge in [0, 0.05) is 5.56 Å². The summed E-state index contributed by atoms with van der Waals surface area (Å²) in [6.45, 7) is 2.07. The third-order valence-electron chi connectivity index (χ3n) is 4.18. The van der Waals surface area contributed by atoms with E-state index in [0.717, 1.165) is 31.7 Å². The molecule has 0 aliphatic heterocycles. The van der Waals surface area contributed by atoms with Crippen LogP contribution >= 0.6 is 0 Å². The maximum atomic E-state index is 13.4. The summed E-state index contributed by atoms with van der Waals surface area (Å²) in [6.07, 6.45) is 3.43. The lowest BCUT2D eigenvalue weighted by molar-refractivity contribution is 0.0717. The summed E-state index contributed by atoms with van der Waals surface area (Å²) < 4.78 is 13.4. The van der Waals surface area contributed by atoms with E-state index in [1.807, 2.05) is 0 Å². The molecule has 0 atom stereocenters. The highest BCUT2D eigenvalue weighted by atomic mass is 19.1. The Morgan fingerprint density at radius 3 is 2.70 bits per heavy atom. The maximum absolute atomic E-state index is 13.4. The van der Waals surface area contributed by atoms with Crippen molar-refractivity contribution in [3.8, 4) is 0 Å². The summed E-state index contributed by atoms with van der Waals surface area (Å²) in [5.41, 5.74) is 5.06. The van der Waals surface area contributed by atoms with Gasteiger partial charge in [-0.25, -0.2) is 4.39 Å². The van der Waals surface area contributed by atoms with Crippen molar-refractivity contribution in [3.63, 3.8) is 0 Å². The molecule has 1 saturated carbocycles. The van der Waals surface area contributed by atoms with Gasteiger partial charge in [-0.15, -0.1) is 0 Å². The smallest absolute Gasteiger partial charge is 0.251 e. The molecule has 1 aliphatic rings. The second kappa shape index (κ2) is 5.79. The first kappa shape index (κ1) is 14.8. The zero-order valence-corrected chi connectivity index (χ0v) is 11.7. The van der Waals surface area contributed by atoms with Crippen molar-refractivity contribution in [1.29, 1.82) is 0 Å². The Morgan fingerprint density at radius 2 is 2.15 bits per heavy atom. The minimum Gasteiger partial charge on any atom is -0.396 e. The van der Waals surface area contributed by atoms with Gasteiger partial charge in [0.2, 0.25) is 0 Å². The maximum Gasteiger partial charge on any atom is 0.251 e. The molecule has 0 spiro atoms. The van der Waals surface area contributed by atoms with Gasteiger partial charge in [0.25, 0.3) is 5.91 Å². The topological polar surface area (TPSA) is 75.3 Å². The third kappa shape index (κ3) is 3.10. The van der Waals surface area contributed by atoms with E-state index in [0.29, 0.717) is 5.92 Å². The zero-order chi connectivity index (χ0) is 14.8.